The molecule has 1 aliphatic heterocycles. The van der Waals surface area contributed by atoms with Gasteiger partial charge in [0, 0.05) is 43.6 Å². The van der Waals surface area contributed by atoms with Gasteiger partial charge in [0.15, 0.2) is 5.65 Å². The van der Waals surface area contributed by atoms with Crippen molar-refractivity contribution in [1.29, 1.82) is 0 Å². The fourth-order valence-electron chi connectivity index (χ4n) is 3.82. The topological polar surface area (TPSA) is 110 Å². The maximum atomic E-state index is 12.3. The Morgan fingerprint density at radius 1 is 1.12 bits per heavy atom. The number of anilines is 2. The largest absolute Gasteiger partial charge is 0.444 e. The average Bonchev–Trinajstić information content (AvgIpc) is 3.22. The summed E-state index contributed by atoms with van der Waals surface area (Å²) < 4.78 is 7.29. The molecule has 0 spiro atoms. The highest BCUT2D eigenvalue weighted by Gasteiger charge is 2.27. The second-order valence-electron chi connectivity index (χ2n) is 9.59. The maximum absolute atomic E-state index is 12.3. The quantitative estimate of drug-likeness (QED) is 0.499. The first kappa shape index (κ1) is 23.7. The summed E-state index contributed by atoms with van der Waals surface area (Å²) in [5, 5.41) is 11.5. The van der Waals surface area contributed by atoms with Crippen LogP contribution in [0.2, 0.25) is 0 Å². The number of amides is 1. The highest BCUT2D eigenvalue weighted by molar-refractivity contribution is 5.68. The number of hydrogen-bond donors (Lipinski definition) is 2. The van der Waals surface area contributed by atoms with Crippen molar-refractivity contribution in [2.75, 3.05) is 30.3 Å². The smallest absolute Gasteiger partial charge is 0.410 e. The third kappa shape index (κ3) is 5.92. The van der Waals surface area contributed by atoms with E-state index in [0.29, 0.717) is 19.0 Å². The van der Waals surface area contributed by atoms with Crippen LogP contribution in [-0.4, -0.2) is 66.8 Å². The number of unbranched alkanes of at least 4 members (excludes halogenated alkanes) is 1. The van der Waals surface area contributed by atoms with E-state index in [9.17, 15) is 4.79 Å². The molecule has 3 aromatic rings. The molecule has 2 N–H and O–H groups in total. The summed E-state index contributed by atoms with van der Waals surface area (Å²) in [6.07, 6.45) is 8.98. The van der Waals surface area contributed by atoms with Crippen LogP contribution < -0.4 is 10.6 Å². The molecule has 182 valence electrons. The Labute approximate surface area is 200 Å². The molecule has 0 radical (unpaired) electrons. The summed E-state index contributed by atoms with van der Waals surface area (Å²) in [4.78, 5) is 27.4. The molecular formula is C24H34N8O2. The van der Waals surface area contributed by atoms with E-state index in [-0.39, 0.29) is 12.1 Å². The molecule has 1 fully saturated rings. The summed E-state index contributed by atoms with van der Waals surface area (Å²) in [6.45, 7) is 9.98. The Morgan fingerprint density at radius 2 is 1.85 bits per heavy atom. The lowest BCUT2D eigenvalue weighted by atomic mass is 10.1. The molecule has 1 amide bonds. The number of nitrogens with one attached hydrogen (secondary N) is 2. The van der Waals surface area contributed by atoms with Gasteiger partial charge in [-0.2, -0.15) is 0 Å². The van der Waals surface area contributed by atoms with Crippen LogP contribution in [0, 0.1) is 0 Å². The van der Waals surface area contributed by atoms with Crippen molar-refractivity contribution in [3.63, 3.8) is 0 Å². The van der Waals surface area contributed by atoms with E-state index < -0.39 is 5.60 Å². The number of carbonyl (C=O) groups excluding carboxylic acids is 1. The monoisotopic (exact) mass is 466 g/mol. The predicted molar refractivity (Wildman–Crippen MR) is 132 cm³/mol. The molecule has 4 heterocycles. The van der Waals surface area contributed by atoms with Gasteiger partial charge in [-0.25, -0.2) is 24.3 Å². The van der Waals surface area contributed by atoms with Crippen molar-refractivity contribution in [3.05, 3.63) is 30.7 Å². The van der Waals surface area contributed by atoms with Gasteiger partial charge in [0.25, 0.3) is 0 Å². The standard InChI is InChI=1S/C24H34N8O2/c1-5-6-11-25-22-27-14-17(15-28-22)19-16-26-21-8-7-20(30-32(19)21)29-18-9-12-31(13-10-18)23(33)34-24(2,3)4/h7-8,14-16,18H,5-6,9-13H2,1-4H3,(H,29,30)(H,25,27,28). The minimum Gasteiger partial charge on any atom is -0.444 e. The van der Waals surface area contributed by atoms with Crippen LogP contribution in [0.5, 0.6) is 0 Å². The highest BCUT2D eigenvalue weighted by Crippen LogP contribution is 2.22. The minimum absolute atomic E-state index is 0.229. The fourth-order valence-corrected chi connectivity index (χ4v) is 3.82. The first-order valence-electron chi connectivity index (χ1n) is 12.0. The Hall–Kier alpha value is -3.43. The lowest BCUT2D eigenvalue weighted by Gasteiger charge is -2.33. The molecule has 1 aliphatic rings. The van der Waals surface area contributed by atoms with Crippen molar-refractivity contribution >= 4 is 23.5 Å². The van der Waals surface area contributed by atoms with Crippen LogP contribution in [0.1, 0.15) is 53.4 Å². The summed E-state index contributed by atoms with van der Waals surface area (Å²) in [5.41, 5.74) is 1.96. The first-order chi connectivity index (χ1) is 16.3. The SMILES string of the molecule is CCCCNc1ncc(-c2cnc3ccc(NC4CCN(C(=O)OC(C)(C)C)CC4)nn23)cn1. The molecule has 0 aliphatic carbocycles. The molecular weight excluding hydrogens is 432 g/mol. The zero-order chi connectivity index (χ0) is 24.1. The van der Waals surface area contributed by atoms with Crippen molar-refractivity contribution in [2.24, 2.45) is 0 Å². The Kier molecular flexibility index (Phi) is 7.14. The zero-order valence-electron chi connectivity index (χ0n) is 20.4. The summed E-state index contributed by atoms with van der Waals surface area (Å²) in [5.74, 6) is 1.39. The molecule has 10 heteroatoms. The summed E-state index contributed by atoms with van der Waals surface area (Å²) in [6, 6.07) is 4.10. The lowest BCUT2D eigenvalue weighted by molar-refractivity contribution is 0.0210. The summed E-state index contributed by atoms with van der Waals surface area (Å²) >= 11 is 0. The van der Waals surface area contributed by atoms with Gasteiger partial charge in [-0.05, 0) is 52.2 Å². The number of rotatable bonds is 7. The number of imidazole rings is 1. The number of hydrogen-bond acceptors (Lipinski definition) is 8. The summed E-state index contributed by atoms with van der Waals surface area (Å²) in [7, 11) is 0. The van der Waals surface area contributed by atoms with E-state index in [1.165, 1.54) is 0 Å². The van der Waals surface area contributed by atoms with Gasteiger partial charge >= 0.3 is 6.09 Å². The lowest BCUT2D eigenvalue weighted by Crippen LogP contribution is -2.44. The van der Waals surface area contributed by atoms with Gasteiger partial charge in [-0.3, -0.25) is 0 Å². The second kappa shape index (κ2) is 10.2. The molecule has 10 nitrogen and oxygen atoms in total. The Bertz CT molecular complexity index is 1100. The molecule has 0 saturated carbocycles. The van der Waals surface area contributed by atoms with Gasteiger partial charge in [-0.1, -0.05) is 13.3 Å². The van der Waals surface area contributed by atoms with Crippen molar-refractivity contribution < 1.29 is 9.53 Å². The minimum atomic E-state index is -0.481. The number of carbonyl (C=O) groups is 1. The first-order valence-corrected chi connectivity index (χ1v) is 12.0. The third-order valence-electron chi connectivity index (χ3n) is 5.62. The van der Waals surface area contributed by atoms with Crippen molar-refractivity contribution in [3.8, 4) is 11.3 Å². The number of fused-ring (bicyclic) bond motifs is 1. The average molecular weight is 467 g/mol. The Morgan fingerprint density at radius 3 is 2.53 bits per heavy atom. The molecule has 0 atom stereocenters. The van der Waals surface area contributed by atoms with Crippen LogP contribution in [0.4, 0.5) is 16.6 Å². The second-order valence-corrected chi connectivity index (χ2v) is 9.59. The van der Waals surface area contributed by atoms with E-state index >= 15 is 0 Å². The normalized spacial score (nSPS) is 14.9. The number of piperidine rings is 1. The van der Waals surface area contributed by atoms with Crippen molar-refractivity contribution in [2.45, 2.75) is 65.0 Å². The molecule has 34 heavy (non-hydrogen) atoms. The number of likely N-dealkylation sites (tertiary alicyclic amines) is 1. The van der Waals surface area contributed by atoms with E-state index in [2.05, 4.69) is 32.5 Å². The van der Waals surface area contributed by atoms with E-state index in [1.807, 2.05) is 32.9 Å². The maximum Gasteiger partial charge on any atom is 0.410 e. The molecule has 4 rings (SSSR count). The van der Waals surface area contributed by atoms with E-state index in [4.69, 9.17) is 9.84 Å². The van der Waals surface area contributed by atoms with Gasteiger partial charge in [0.05, 0.1) is 11.9 Å². The molecule has 1 saturated heterocycles. The van der Waals surface area contributed by atoms with Crippen LogP contribution >= 0.6 is 0 Å². The Balaban J connectivity index is 1.40. The van der Waals surface area contributed by atoms with Crippen LogP contribution in [-0.2, 0) is 4.74 Å². The number of nitrogens with zero attached hydrogens (tertiary/aromatic N) is 6. The van der Waals surface area contributed by atoms with Crippen LogP contribution in [0.3, 0.4) is 0 Å². The highest BCUT2D eigenvalue weighted by atomic mass is 16.6. The van der Waals surface area contributed by atoms with Gasteiger partial charge in [0.2, 0.25) is 5.95 Å². The molecule has 0 aromatic carbocycles. The van der Waals surface area contributed by atoms with E-state index in [1.54, 1.807) is 28.0 Å². The van der Waals surface area contributed by atoms with Crippen LogP contribution in [0.15, 0.2) is 30.7 Å². The molecule has 3 aromatic heterocycles. The van der Waals surface area contributed by atoms with Gasteiger partial charge in [-0.15, -0.1) is 5.10 Å². The van der Waals surface area contributed by atoms with Gasteiger partial charge < -0.3 is 20.3 Å². The van der Waals surface area contributed by atoms with Crippen LogP contribution in [0.25, 0.3) is 16.9 Å². The third-order valence-corrected chi connectivity index (χ3v) is 5.62. The van der Waals surface area contributed by atoms with Crippen molar-refractivity contribution in [1.82, 2.24) is 29.5 Å². The molecule has 0 bridgehead atoms. The predicted octanol–water partition coefficient (Wildman–Crippen LogP) is 4.21. The molecule has 0 unspecified atom stereocenters. The van der Waals surface area contributed by atoms with Gasteiger partial charge in [0.1, 0.15) is 11.4 Å². The van der Waals surface area contributed by atoms with E-state index in [0.717, 1.165) is 55.0 Å². The number of aromatic nitrogens is 5. The fraction of sp³-hybridized carbons (Fsp3) is 0.542. The zero-order valence-corrected chi connectivity index (χ0v) is 20.4. The number of ether oxygens (including phenoxy) is 1.